The monoisotopic (exact) mass is 391 g/mol. The number of amides is 2. The number of aliphatic hydroxyl groups excluding tert-OH is 1. The summed E-state index contributed by atoms with van der Waals surface area (Å²) in [5.41, 5.74) is 0.0816. The molecular weight excluding hydrogens is 366 g/mol. The first-order valence-electron chi connectivity index (χ1n) is 9.00. The lowest BCUT2D eigenvalue weighted by Gasteiger charge is -2.28. The quantitative estimate of drug-likeness (QED) is 0.783. The highest BCUT2D eigenvalue weighted by Crippen LogP contribution is 2.39. The van der Waals surface area contributed by atoms with Gasteiger partial charge in [0.05, 0.1) is 11.5 Å². The number of rotatable bonds is 6. The SMILES string of the molecule is COC(C)(C)C(=O)N1CC[C@H](c2c(C(=O)NCCO)sc3ncccc23)C1. The van der Waals surface area contributed by atoms with Crippen LogP contribution in [0.5, 0.6) is 0 Å². The highest BCUT2D eigenvalue weighted by atomic mass is 32.1. The van der Waals surface area contributed by atoms with Gasteiger partial charge in [0.15, 0.2) is 0 Å². The van der Waals surface area contributed by atoms with Gasteiger partial charge in [-0.1, -0.05) is 6.07 Å². The first-order chi connectivity index (χ1) is 12.9. The summed E-state index contributed by atoms with van der Waals surface area (Å²) in [6.45, 7) is 4.80. The number of aromatic nitrogens is 1. The molecule has 0 radical (unpaired) electrons. The number of hydrogen-bond acceptors (Lipinski definition) is 6. The van der Waals surface area contributed by atoms with E-state index in [1.54, 1.807) is 20.0 Å². The van der Waals surface area contributed by atoms with Crippen LogP contribution in [0.2, 0.25) is 0 Å². The van der Waals surface area contributed by atoms with Gasteiger partial charge in [-0.3, -0.25) is 9.59 Å². The van der Waals surface area contributed by atoms with Gasteiger partial charge in [0.2, 0.25) is 0 Å². The second-order valence-corrected chi connectivity index (χ2v) is 8.13. The van der Waals surface area contributed by atoms with Crippen molar-refractivity contribution in [2.24, 2.45) is 0 Å². The van der Waals surface area contributed by atoms with Crippen LogP contribution in [0.1, 0.15) is 41.4 Å². The van der Waals surface area contributed by atoms with E-state index in [1.807, 2.05) is 17.0 Å². The molecule has 0 bridgehead atoms. The highest BCUT2D eigenvalue weighted by Gasteiger charge is 2.38. The number of hydrogen-bond donors (Lipinski definition) is 2. The standard InChI is InChI=1S/C19H25N3O4S/c1-19(2,26-3)18(25)22-9-6-12(11-22)14-13-5-4-7-21-17(13)27-15(14)16(24)20-8-10-23/h4-5,7,12,23H,6,8-11H2,1-3H3,(H,20,24)/t12-/m0/s1. The number of nitrogens with zero attached hydrogens (tertiary/aromatic N) is 2. The Hall–Kier alpha value is -2.03. The molecule has 0 unspecified atom stereocenters. The van der Waals surface area contributed by atoms with Gasteiger partial charge in [-0.15, -0.1) is 11.3 Å². The lowest BCUT2D eigenvalue weighted by atomic mass is 9.95. The number of nitrogens with one attached hydrogen (secondary N) is 1. The average molecular weight is 391 g/mol. The fourth-order valence-corrected chi connectivity index (χ4v) is 4.57. The van der Waals surface area contributed by atoms with Crippen LogP contribution < -0.4 is 5.32 Å². The first-order valence-corrected chi connectivity index (χ1v) is 9.81. The zero-order valence-electron chi connectivity index (χ0n) is 15.8. The summed E-state index contributed by atoms with van der Waals surface area (Å²) in [6.07, 6.45) is 2.50. The van der Waals surface area contributed by atoms with Gasteiger partial charge in [0.25, 0.3) is 11.8 Å². The number of pyridine rings is 1. The summed E-state index contributed by atoms with van der Waals surface area (Å²) < 4.78 is 5.33. The van der Waals surface area contributed by atoms with Crippen molar-refractivity contribution in [3.05, 3.63) is 28.8 Å². The Morgan fingerprint density at radius 1 is 1.48 bits per heavy atom. The van der Waals surface area contributed by atoms with Crippen LogP contribution in [-0.2, 0) is 9.53 Å². The van der Waals surface area contributed by atoms with Gasteiger partial charge in [0.1, 0.15) is 10.4 Å². The average Bonchev–Trinajstić information content (AvgIpc) is 3.29. The predicted molar refractivity (Wildman–Crippen MR) is 104 cm³/mol. The van der Waals surface area contributed by atoms with Crippen molar-refractivity contribution in [2.75, 3.05) is 33.4 Å². The zero-order valence-corrected chi connectivity index (χ0v) is 16.6. The minimum atomic E-state index is -0.867. The maximum absolute atomic E-state index is 12.7. The topological polar surface area (TPSA) is 91.8 Å². The van der Waals surface area contributed by atoms with Gasteiger partial charge in [-0.05, 0) is 31.9 Å². The molecule has 1 atom stereocenters. The fraction of sp³-hybridized carbons (Fsp3) is 0.526. The van der Waals surface area contributed by atoms with Crippen molar-refractivity contribution in [3.8, 4) is 0 Å². The molecular formula is C19H25N3O4S. The van der Waals surface area contributed by atoms with Crippen LogP contribution in [-0.4, -0.2) is 65.8 Å². The summed E-state index contributed by atoms with van der Waals surface area (Å²) in [6, 6.07) is 3.83. The Bertz CT molecular complexity index is 849. The molecule has 27 heavy (non-hydrogen) atoms. The lowest BCUT2D eigenvalue weighted by Crippen LogP contribution is -2.45. The van der Waals surface area contributed by atoms with Crippen LogP contribution in [0, 0.1) is 0 Å². The van der Waals surface area contributed by atoms with E-state index in [9.17, 15) is 9.59 Å². The molecule has 2 N–H and O–H groups in total. The fourth-order valence-electron chi connectivity index (χ4n) is 3.42. The number of carbonyl (C=O) groups is 2. The van der Waals surface area contributed by atoms with Gasteiger partial charge >= 0.3 is 0 Å². The molecule has 1 aliphatic heterocycles. The van der Waals surface area contributed by atoms with Gasteiger partial charge in [-0.2, -0.15) is 0 Å². The summed E-state index contributed by atoms with van der Waals surface area (Å²) in [4.78, 5) is 33.0. The smallest absolute Gasteiger partial charge is 0.261 e. The van der Waals surface area contributed by atoms with Crippen LogP contribution in [0.25, 0.3) is 10.2 Å². The number of thiophene rings is 1. The second kappa shape index (κ2) is 7.92. The number of methoxy groups -OCH3 is 1. The van der Waals surface area contributed by atoms with Crippen LogP contribution >= 0.6 is 11.3 Å². The molecule has 3 heterocycles. The number of ether oxygens (including phenoxy) is 1. The van der Waals surface area contributed by atoms with Crippen LogP contribution in [0.3, 0.4) is 0 Å². The van der Waals surface area contributed by atoms with Crippen molar-refractivity contribution in [2.45, 2.75) is 31.8 Å². The van der Waals surface area contributed by atoms with E-state index in [0.717, 1.165) is 22.2 Å². The van der Waals surface area contributed by atoms with Crippen molar-refractivity contribution < 1.29 is 19.4 Å². The molecule has 0 spiro atoms. The highest BCUT2D eigenvalue weighted by molar-refractivity contribution is 7.20. The third-order valence-electron chi connectivity index (χ3n) is 5.02. The lowest BCUT2D eigenvalue weighted by molar-refractivity contribution is -0.149. The van der Waals surface area contributed by atoms with Crippen molar-refractivity contribution in [3.63, 3.8) is 0 Å². The van der Waals surface area contributed by atoms with Crippen LogP contribution in [0.15, 0.2) is 18.3 Å². The number of likely N-dealkylation sites (tertiary alicyclic amines) is 1. The molecule has 0 aromatic carbocycles. The summed E-state index contributed by atoms with van der Waals surface area (Å²) >= 11 is 1.36. The molecule has 3 rings (SSSR count). The van der Waals surface area contributed by atoms with E-state index in [0.29, 0.717) is 18.0 Å². The maximum atomic E-state index is 12.7. The van der Waals surface area contributed by atoms with E-state index in [4.69, 9.17) is 9.84 Å². The Morgan fingerprint density at radius 2 is 2.26 bits per heavy atom. The Kier molecular flexibility index (Phi) is 5.78. The first kappa shape index (κ1) is 19.7. The van der Waals surface area contributed by atoms with E-state index in [2.05, 4.69) is 10.3 Å². The van der Waals surface area contributed by atoms with Gasteiger partial charge < -0.3 is 20.1 Å². The van der Waals surface area contributed by atoms with Crippen LogP contribution in [0.4, 0.5) is 0 Å². The largest absolute Gasteiger partial charge is 0.395 e. The molecule has 2 amide bonds. The van der Waals surface area contributed by atoms with Crippen molar-refractivity contribution in [1.82, 2.24) is 15.2 Å². The molecule has 0 aliphatic carbocycles. The third-order valence-corrected chi connectivity index (χ3v) is 6.15. The van der Waals surface area contributed by atoms with Crippen molar-refractivity contribution in [1.29, 1.82) is 0 Å². The number of carbonyl (C=O) groups excluding carboxylic acids is 2. The second-order valence-electron chi connectivity index (χ2n) is 7.13. The van der Waals surface area contributed by atoms with Gasteiger partial charge in [-0.25, -0.2) is 4.98 Å². The molecule has 2 aromatic heterocycles. The normalized spacial score (nSPS) is 17.5. The minimum Gasteiger partial charge on any atom is -0.395 e. The molecule has 7 nitrogen and oxygen atoms in total. The van der Waals surface area contributed by atoms with E-state index in [1.165, 1.54) is 18.4 Å². The molecule has 1 fully saturated rings. The minimum absolute atomic E-state index is 0.0450. The van der Waals surface area contributed by atoms with Crippen molar-refractivity contribution >= 4 is 33.4 Å². The molecule has 1 saturated heterocycles. The molecule has 1 aliphatic rings. The van der Waals surface area contributed by atoms with E-state index >= 15 is 0 Å². The number of fused-ring (bicyclic) bond motifs is 1. The Morgan fingerprint density at radius 3 is 2.96 bits per heavy atom. The molecule has 0 saturated carbocycles. The maximum Gasteiger partial charge on any atom is 0.261 e. The molecule has 146 valence electrons. The molecule has 8 heteroatoms. The number of aliphatic hydroxyl groups is 1. The summed E-state index contributed by atoms with van der Waals surface area (Å²) in [5.74, 6) is -0.185. The van der Waals surface area contributed by atoms with Gasteiger partial charge in [0, 0.05) is 44.2 Å². The third kappa shape index (κ3) is 3.83. The molecule has 2 aromatic rings. The predicted octanol–water partition coefficient (Wildman–Crippen LogP) is 1.76. The van der Waals surface area contributed by atoms with E-state index < -0.39 is 5.60 Å². The summed E-state index contributed by atoms with van der Waals surface area (Å²) in [5, 5.41) is 12.7. The Labute approximate surface area is 162 Å². The Balaban J connectivity index is 1.92. The zero-order chi connectivity index (χ0) is 19.6. The summed E-state index contributed by atoms with van der Waals surface area (Å²) in [7, 11) is 1.53. The van der Waals surface area contributed by atoms with E-state index in [-0.39, 0.29) is 30.9 Å².